The highest BCUT2D eigenvalue weighted by Gasteiger charge is 2.32. The Morgan fingerprint density at radius 2 is 1.76 bits per heavy atom. The number of hydrogen-bond donors (Lipinski definition) is 2. The molecule has 1 rings (SSSR count). The zero-order valence-electron chi connectivity index (χ0n) is 12.4. The number of methoxy groups -OCH3 is 2. The molecule has 0 bridgehead atoms. The van der Waals surface area contributed by atoms with Crippen molar-refractivity contribution in [3.63, 3.8) is 0 Å². The average molecular weight is 306 g/mol. The van der Waals surface area contributed by atoms with E-state index in [-0.39, 0.29) is 6.54 Å². The number of nitrogens with one attached hydrogen (secondary N) is 1. The van der Waals surface area contributed by atoms with Crippen LogP contribution in [-0.2, 0) is 6.42 Å². The molecule has 0 saturated carbocycles. The van der Waals surface area contributed by atoms with E-state index in [2.05, 4.69) is 5.32 Å². The standard InChI is InChI=1S/C14H21F3N2O2/c1-13(8-18,19-9-14(15,16)17)7-10-4-5-11(20-2)12(6-10)21-3/h4-6,19H,7-9,18H2,1-3H3. The van der Waals surface area contributed by atoms with Gasteiger partial charge in [0, 0.05) is 12.1 Å². The molecule has 3 N–H and O–H groups in total. The molecule has 1 aromatic rings. The lowest BCUT2D eigenvalue weighted by molar-refractivity contribution is -0.128. The molecule has 0 radical (unpaired) electrons. The quantitative estimate of drug-likeness (QED) is 0.810. The first-order valence-electron chi connectivity index (χ1n) is 6.46. The fraction of sp³-hybridized carbons (Fsp3) is 0.571. The van der Waals surface area contributed by atoms with E-state index in [1.54, 1.807) is 25.1 Å². The summed E-state index contributed by atoms with van der Waals surface area (Å²) in [5.41, 5.74) is 5.59. The maximum Gasteiger partial charge on any atom is 0.401 e. The number of nitrogens with two attached hydrogens (primary N) is 1. The number of alkyl halides is 3. The number of ether oxygens (including phenoxy) is 2. The Morgan fingerprint density at radius 1 is 1.14 bits per heavy atom. The van der Waals surface area contributed by atoms with Gasteiger partial charge in [0.2, 0.25) is 0 Å². The van der Waals surface area contributed by atoms with E-state index in [0.29, 0.717) is 17.9 Å². The van der Waals surface area contributed by atoms with Crippen molar-refractivity contribution < 1.29 is 22.6 Å². The molecular formula is C14H21F3N2O2. The van der Waals surface area contributed by atoms with Gasteiger partial charge in [0.25, 0.3) is 0 Å². The first-order chi connectivity index (χ1) is 9.73. The Kier molecular flexibility index (Phi) is 5.86. The maximum absolute atomic E-state index is 12.3. The largest absolute Gasteiger partial charge is 0.493 e. The molecule has 0 saturated heterocycles. The zero-order valence-corrected chi connectivity index (χ0v) is 12.4. The van der Waals surface area contributed by atoms with Crippen molar-refractivity contribution in [2.24, 2.45) is 5.73 Å². The zero-order chi connectivity index (χ0) is 16.1. The van der Waals surface area contributed by atoms with Crippen LogP contribution in [0.25, 0.3) is 0 Å². The monoisotopic (exact) mass is 306 g/mol. The SMILES string of the molecule is COc1ccc(CC(C)(CN)NCC(F)(F)F)cc1OC. The van der Waals surface area contributed by atoms with Crippen LogP contribution >= 0.6 is 0 Å². The van der Waals surface area contributed by atoms with Gasteiger partial charge in [-0.15, -0.1) is 0 Å². The fourth-order valence-electron chi connectivity index (χ4n) is 1.96. The summed E-state index contributed by atoms with van der Waals surface area (Å²) in [6, 6.07) is 5.24. The van der Waals surface area contributed by atoms with Crippen LogP contribution in [-0.4, -0.2) is 39.0 Å². The van der Waals surface area contributed by atoms with Gasteiger partial charge < -0.3 is 20.5 Å². The van der Waals surface area contributed by atoms with Crippen LogP contribution in [0.3, 0.4) is 0 Å². The van der Waals surface area contributed by atoms with Crippen molar-refractivity contribution >= 4 is 0 Å². The lowest BCUT2D eigenvalue weighted by Gasteiger charge is -2.30. The summed E-state index contributed by atoms with van der Waals surface area (Å²) in [5.74, 6) is 1.10. The van der Waals surface area contributed by atoms with E-state index in [9.17, 15) is 13.2 Å². The molecule has 7 heteroatoms. The van der Waals surface area contributed by atoms with Crippen LogP contribution in [0.15, 0.2) is 18.2 Å². The molecule has 0 fully saturated rings. The van der Waals surface area contributed by atoms with Gasteiger partial charge in [-0.1, -0.05) is 6.07 Å². The van der Waals surface area contributed by atoms with Crippen molar-refractivity contribution in [2.75, 3.05) is 27.3 Å². The third-order valence-electron chi connectivity index (χ3n) is 3.21. The number of halogens is 3. The van der Waals surface area contributed by atoms with Gasteiger partial charge in [-0.2, -0.15) is 13.2 Å². The molecule has 0 aliphatic heterocycles. The van der Waals surface area contributed by atoms with Crippen LogP contribution in [0.2, 0.25) is 0 Å². The van der Waals surface area contributed by atoms with Gasteiger partial charge in [-0.3, -0.25) is 0 Å². The Hall–Kier alpha value is -1.47. The molecule has 0 aliphatic rings. The van der Waals surface area contributed by atoms with Gasteiger partial charge in [0.05, 0.1) is 20.8 Å². The summed E-state index contributed by atoms with van der Waals surface area (Å²) < 4.78 is 47.3. The molecule has 1 unspecified atom stereocenters. The topological polar surface area (TPSA) is 56.5 Å². The fourth-order valence-corrected chi connectivity index (χ4v) is 1.96. The minimum atomic E-state index is -4.27. The molecule has 1 aromatic carbocycles. The van der Waals surface area contributed by atoms with Gasteiger partial charge >= 0.3 is 6.18 Å². The molecule has 21 heavy (non-hydrogen) atoms. The lowest BCUT2D eigenvalue weighted by Crippen LogP contribution is -2.53. The van der Waals surface area contributed by atoms with Crippen LogP contribution < -0.4 is 20.5 Å². The van der Waals surface area contributed by atoms with E-state index >= 15 is 0 Å². The maximum atomic E-state index is 12.3. The van der Waals surface area contributed by atoms with Crippen LogP contribution in [0.4, 0.5) is 13.2 Å². The summed E-state index contributed by atoms with van der Waals surface area (Å²) >= 11 is 0. The van der Waals surface area contributed by atoms with E-state index < -0.39 is 18.3 Å². The summed E-state index contributed by atoms with van der Waals surface area (Å²) in [6.07, 6.45) is -3.92. The third kappa shape index (κ3) is 5.43. The van der Waals surface area contributed by atoms with E-state index in [4.69, 9.17) is 15.2 Å². The molecule has 0 spiro atoms. The molecule has 0 heterocycles. The van der Waals surface area contributed by atoms with Gasteiger partial charge in [-0.25, -0.2) is 0 Å². The number of hydrogen-bond acceptors (Lipinski definition) is 4. The van der Waals surface area contributed by atoms with E-state index in [1.165, 1.54) is 14.2 Å². The van der Waals surface area contributed by atoms with Crippen molar-refractivity contribution in [1.29, 1.82) is 0 Å². The Bertz CT molecular complexity index is 466. The summed E-state index contributed by atoms with van der Waals surface area (Å²) in [6.45, 7) is 0.668. The highest BCUT2D eigenvalue weighted by Crippen LogP contribution is 2.29. The minimum absolute atomic E-state index is 0.0808. The highest BCUT2D eigenvalue weighted by atomic mass is 19.4. The Balaban J connectivity index is 2.85. The molecule has 0 aliphatic carbocycles. The first-order valence-corrected chi connectivity index (χ1v) is 6.46. The average Bonchev–Trinajstić information content (AvgIpc) is 2.44. The van der Waals surface area contributed by atoms with Gasteiger partial charge in [-0.05, 0) is 31.0 Å². The Labute approximate surface area is 122 Å². The first kappa shape index (κ1) is 17.6. The summed E-state index contributed by atoms with van der Waals surface area (Å²) in [5, 5.41) is 2.48. The second-order valence-electron chi connectivity index (χ2n) is 5.10. The molecule has 0 amide bonds. The highest BCUT2D eigenvalue weighted by molar-refractivity contribution is 5.43. The van der Waals surface area contributed by atoms with Crippen LogP contribution in [0, 0.1) is 0 Å². The van der Waals surface area contributed by atoms with Crippen molar-refractivity contribution in [3.8, 4) is 11.5 Å². The van der Waals surface area contributed by atoms with Gasteiger partial charge in [0.15, 0.2) is 11.5 Å². The second kappa shape index (κ2) is 7.00. The van der Waals surface area contributed by atoms with E-state index in [1.807, 2.05) is 0 Å². The second-order valence-corrected chi connectivity index (χ2v) is 5.10. The molecule has 1 atom stereocenters. The number of rotatable bonds is 7. The lowest BCUT2D eigenvalue weighted by atomic mass is 9.92. The minimum Gasteiger partial charge on any atom is -0.493 e. The Morgan fingerprint density at radius 3 is 2.24 bits per heavy atom. The molecule has 0 aromatic heterocycles. The third-order valence-corrected chi connectivity index (χ3v) is 3.21. The molecule has 120 valence electrons. The van der Waals surface area contributed by atoms with E-state index in [0.717, 1.165) is 5.56 Å². The van der Waals surface area contributed by atoms with Crippen molar-refractivity contribution in [3.05, 3.63) is 23.8 Å². The summed E-state index contributed by atoms with van der Waals surface area (Å²) in [7, 11) is 3.03. The van der Waals surface area contributed by atoms with Crippen LogP contribution in [0.1, 0.15) is 12.5 Å². The van der Waals surface area contributed by atoms with Crippen molar-refractivity contribution in [2.45, 2.75) is 25.1 Å². The smallest absolute Gasteiger partial charge is 0.401 e. The van der Waals surface area contributed by atoms with Crippen LogP contribution in [0.5, 0.6) is 11.5 Å². The summed E-state index contributed by atoms with van der Waals surface area (Å²) in [4.78, 5) is 0. The molecular weight excluding hydrogens is 285 g/mol. The normalized spacial score (nSPS) is 14.6. The van der Waals surface area contributed by atoms with Gasteiger partial charge in [0.1, 0.15) is 0 Å². The number of benzene rings is 1. The predicted molar refractivity (Wildman–Crippen MR) is 74.8 cm³/mol. The van der Waals surface area contributed by atoms with Crippen molar-refractivity contribution in [1.82, 2.24) is 5.32 Å². The molecule has 4 nitrogen and oxygen atoms in total. The predicted octanol–water partition coefficient (Wildman–Crippen LogP) is 2.12.